The van der Waals surface area contributed by atoms with Gasteiger partial charge in [0.1, 0.15) is 5.75 Å². The largest absolute Gasteiger partial charge is 0.493 e. The molecule has 2 unspecified atom stereocenters. The molecule has 2 atom stereocenters. The van der Waals surface area contributed by atoms with E-state index >= 15 is 0 Å². The Bertz CT molecular complexity index is 389. The Labute approximate surface area is 117 Å². The van der Waals surface area contributed by atoms with E-state index in [1.807, 2.05) is 0 Å². The van der Waals surface area contributed by atoms with E-state index in [1.165, 1.54) is 18.4 Å². The molecule has 0 saturated heterocycles. The number of rotatable bonds is 7. The second-order valence-electron chi connectivity index (χ2n) is 6.27. The zero-order valence-corrected chi connectivity index (χ0v) is 12.5. The quantitative estimate of drug-likeness (QED) is 0.753. The number of fused-ring (bicyclic) bond motifs is 1. The normalized spacial score (nSPS) is 19.3. The highest BCUT2D eigenvalue weighted by atomic mass is 16.5. The minimum absolute atomic E-state index is 0.594. The van der Waals surface area contributed by atoms with Crippen LogP contribution in [-0.2, 0) is 0 Å². The van der Waals surface area contributed by atoms with Gasteiger partial charge in [-0.2, -0.15) is 0 Å². The highest BCUT2D eigenvalue weighted by Crippen LogP contribution is 2.37. The molecule has 106 valence electrons. The molecular formula is C17H27NO. The van der Waals surface area contributed by atoms with Gasteiger partial charge in [-0.25, -0.2) is 0 Å². The molecule has 1 aliphatic heterocycles. The summed E-state index contributed by atoms with van der Waals surface area (Å²) in [5.41, 5.74) is 1.41. The van der Waals surface area contributed by atoms with Crippen LogP contribution in [0.2, 0.25) is 0 Å². The molecule has 0 fully saturated rings. The third kappa shape index (κ3) is 4.24. The van der Waals surface area contributed by atoms with E-state index in [2.05, 4.69) is 50.4 Å². The predicted molar refractivity (Wildman–Crippen MR) is 80.8 cm³/mol. The lowest BCUT2D eigenvalue weighted by Crippen LogP contribution is -2.22. The summed E-state index contributed by atoms with van der Waals surface area (Å²) in [6, 6.07) is 8.48. The molecule has 1 aromatic rings. The topological polar surface area (TPSA) is 21.3 Å². The van der Waals surface area contributed by atoms with Crippen LogP contribution in [0.1, 0.15) is 45.1 Å². The summed E-state index contributed by atoms with van der Waals surface area (Å²) >= 11 is 0. The molecular weight excluding hydrogens is 234 g/mol. The van der Waals surface area contributed by atoms with E-state index < -0.39 is 0 Å². The lowest BCUT2D eigenvalue weighted by molar-refractivity contribution is 0.305. The van der Waals surface area contributed by atoms with E-state index in [-0.39, 0.29) is 0 Å². The van der Waals surface area contributed by atoms with Crippen LogP contribution in [0.3, 0.4) is 0 Å². The maximum absolute atomic E-state index is 5.75. The summed E-state index contributed by atoms with van der Waals surface area (Å²) in [5, 5.41) is 3.53. The zero-order valence-electron chi connectivity index (χ0n) is 12.5. The fraction of sp³-hybridized carbons (Fsp3) is 0.647. The number of hydrogen-bond donors (Lipinski definition) is 1. The highest BCUT2D eigenvalue weighted by molar-refractivity contribution is 5.39. The lowest BCUT2D eigenvalue weighted by atomic mass is 9.89. The molecule has 0 amide bonds. The number of ether oxygens (including phenoxy) is 1. The van der Waals surface area contributed by atoms with Crippen molar-refractivity contribution in [1.29, 1.82) is 0 Å². The summed E-state index contributed by atoms with van der Waals surface area (Å²) in [6.45, 7) is 9.99. The highest BCUT2D eigenvalue weighted by Gasteiger charge is 2.24. The number of para-hydroxylation sites is 1. The molecule has 2 rings (SSSR count). The Balaban J connectivity index is 1.73. The van der Waals surface area contributed by atoms with Crippen molar-refractivity contribution in [2.24, 2.45) is 11.8 Å². The minimum atomic E-state index is 0.594. The van der Waals surface area contributed by atoms with E-state index in [0.717, 1.165) is 37.3 Å². The van der Waals surface area contributed by atoms with Crippen molar-refractivity contribution in [3.05, 3.63) is 29.8 Å². The van der Waals surface area contributed by atoms with Crippen LogP contribution in [0.25, 0.3) is 0 Å². The first-order valence-electron chi connectivity index (χ1n) is 7.59. The summed E-state index contributed by atoms with van der Waals surface area (Å²) in [5.74, 6) is 3.18. The standard InChI is InChI=1S/C17H27NO/c1-13(2)11-18-9-8-14(3)10-15-12-19-17-7-5-4-6-16(15)17/h4-7,13-15,18H,8-12H2,1-3H3. The second-order valence-corrected chi connectivity index (χ2v) is 6.27. The van der Waals surface area contributed by atoms with Gasteiger partial charge in [0.15, 0.2) is 0 Å². The monoisotopic (exact) mass is 261 g/mol. The van der Waals surface area contributed by atoms with Crippen LogP contribution in [0, 0.1) is 11.8 Å². The first-order valence-corrected chi connectivity index (χ1v) is 7.59. The lowest BCUT2D eigenvalue weighted by Gasteiger charge is -2.16. The van der Waals surface area contributed by atoms with Crippen LogP contribution in [-0.4, -0.2) is 19.7 Å². The van der Waals surface area contributed by atoms with Crippen molar-refractivity contribution in [3.8, 4) is 5.75 Å². The van der Waals surface area contributed by atoms with Gasteiger partial charge in [0, 0.05) is 11.5 Å². The van der Waals surface area contributed by atoms with Crippen LogP contribution in [0.4, 0.5) is 0 Å². The van der Waals surface area contributed by atoms with Gasteiger partial charge in [0.05, 0.1) is 6.61 Å². The third-order valence-electron chi connectivity index (χ3n) is 3.85. The second kappa shape index (κ2) is 6.95. The molecule has 0 spiro atoms. The Morgan fingerprint density at radius 1 is 1.26 bits per heavy atom. The number of hydrogen-bond acceptors (Lipinski definition) is 2. The van der Waals surface area contributed by atoms with E-state index in [0.29, 0.717) is 5.92 Å². The molecule has 2 nitrogen and oxygen atoms in total. The molecule has 1 aliphatic rings. The first-order chi connectivity index (χ1) is 9.16. The summed E-state index contributed by atoms with van der Waals surface area (Å²) in [7, 11) is 0. The molecule has 0 radical (unpaired) electrons. The molecule has 0 aromatic heterocycles. The van der Waals surface area contributed by atoms with Crippen molar-refractivity contribution in [2.45, 2.75) is 39.5 Å². The van der Waals surface area contributed by atoms with E-state index in [9.17, 15) is 0 Å². The van der Waals surface area contributed by atoms with Gasteiger partial charge >= 0.3 is 0 Å². The smallest absolute Gasteiger partial charge is 0.122 e. The summed E-state index contributed by atoms with van der Waals surface area (Å²) in [6.07, 6.45) is 2.49. The Kier molecular flexibility index (Phi) is 5.26. The van der Waals surface area contributed by atoms with Gasteiger partial charge in [-0.3, -0.25) is 0 Å². The number of benzene rings is 1. The maximum atomic E-state index is 5.75. The fourth-order valence-electron chi connectivity index (χ4n) is 2.77. The fourth-order valence-corrected chi connectivity index (χ4v) is 2.77. The molecule has 1 N–H and O–H groups in total. The first kappa shape index (κ1) is 14.4. The molecule has 0 bridgehead atoms. The van der Waals surface area contributed by atoms with E-state index in [4.69, 9.17) is 4.74 Å². The van der Waals surface area contributed by atoms with Gasteiger partial charge < -0.3 is 10.1 Å². The zero-order chi connectivity index (χ0) is 13.7. The summed E-state index contributed by atoms with van der Waals surface area (Å²) < 4.78 is 5.75. The third-order valence-corrected chi connectivity index (χ3v) is 3.85. The van der Waals surface area contributed by atoms with Crippen molar-refractivity contribution >= 4 is 0 Å². The predicted octanol–water partition coefficient (Wildman–Crippen LogP) is 3.82. The Morgan fingerprint density at radius 3 is 2.84 bits per heavy atom. The van der Waals surface area contributed by atoms with E-state index in [1.54, 1.807) is 0 Å². The summed E-state index contributed by atoms with van der Waals surface area (Å²) in [4.78, 5) is 0. The average molecular weight is 261 g/mol. The van der Waals surface area contributed by atoms with Crippen molar-refractivity contribution in [1.82, 2.24) is 5.32 Å². The van der Waals surface area contributed by atoms with Crippen molar-refractivity contribution < 1.29 is 4.74 Å². The number of nitrogens with one attached hydrogen (secondary N) is 1. The molecule has 1 aromatic carbocycles. The molecule has 0 saturated carbocycles. The van der Waals surface area contributed by atoms with Gasteiger partial charge in [0.2, 0.25) is 0 Å². The average Bonchev–Trinajstić information content (AvgIpc) is 2.78. The molecule has 0 aliphatic carbocycles. The molecule has 1 heterocycles. The molecule has 19 heavy (non-hydrogen) atoms. The Morgan fingerprint density at radius 2 is 2.05 bits per heavy atom. The van der Waals surface area contributed by atoms with Crippen LogP contribution >= 0.6 is 0 Å². The van der Waals surface area contributed by atoms with Crippen LogP contribution < -0.4 is 10.1 Å². The van der Waals surface area contributed by atoms with Crippen LogP contribution in [0.15, 0.2) is 24.3 Å². The minimum Gasteiger partial charge on any atom is -0.493 e. The van der Waals surface area contributed by atoms with Crippen molar-refractivity contribution in [2.75, 3.05) is 19.7 Å². The van der Waals surface area contributed by atoms with Gasteiger partial charge in [-0.05, 0) is 43.8 Å². The van der Waals surface area contributed by atoms with Gasteiger partial charge in [0.25, 0.3) is 0 Å². The van der Waals surface area contributed by atoms with Gasteiger partial charge in [-0.1, -0.05) is 39.0 Å². The van der Waals surface area contributed by atoms with Crippen LogP contribution in [0.5, 0.6) is 5.75 Å². The SMILES string of the molecule is CC(C)CNCCC(C)CC1COc2ccccc21. The Hall–Kier alpha value is -1.02. The van der Waals surface area contributed by atoms with Gasteiger partial charge in [-0.15, -0.1) is 0 Å². The van der Waals surface area contributed by atoms with Crippen molar-refractivity contribution in [3.63, 3.8) is 0 Å². The molecule has 2 heteroatoms. The maximum Gasteiger partial charge on any atom is 0.122 e.